The molecule has 0 aliphatic carbocycles. The molecule has 4 nitrogen and oxygen atoms in total. The zero-order valence-corrected chi connectivity index (χ0v) is 10.5. The van der Waals surface area contributed by atoms with Crippen LogP contribution in [0.2, 0.25) is 0 Å². The molecular formula is C15H14N2O2. The van der Waals surface area contributed by atoms with Crippen LogP contribution >= 0.6 is 0 Å². The highest BCUT2D eigenvalue weighted by Gasteiger charge is 2.15. The van der Waals surface area contributed by atoms with Gasteiger partial charge in [0.25, 0.3) is 5.91 Å². The summed E-state index contributed by atoms with van der Waals surface area (Å²) in [5, 5.41) is 3.95. The van der Waals surface area contributed by atoms with E-state index in [0.717, 1.165) is 16.7 Å². The molecule has 0 spiro atoms. The molecule has 0 saturated heterocycles. The summed E-state index contributed by atoms with van der Waals surface area (Å²) in [6.45, 7) is 1.89. The van der Waals surface area contributed by atoms with Crippen molar-refractivity contribution in [1.82, 2.24) is 10.3 Å². The van der Waals surface area contributed by atoms with Gasteiger partial charge in [0.1, 0.15) is 5.76 Å². The molecule has 0 radical (unpaired) electrons. The number of fused-ring (bicyclic) bond motifs is 1. The molecule has 4 heteroatoms. The van der Waals surface area contributed by atoms with Crippen molar-refractivity contribution in [3.63, 3.8) is 0 Å². The number of aromatic nitrogens is 1. The SMILES string of the molecule is CC(NC(=O)c1cccc2cc[nH]c12)c1ccco1. The molecule has 0 fully saturated rings. The minimum Gasteiger partial charge on any atom is -0.467 e. The lowest BCUT2D eigenvalue weighted by atomic mass is 10.1. The van der Waals surface area contributed by atoms with Crippen LogP contribution in [0.1, 0.15) is 29.1 Å². The molecule has 0 saturated carbocycles. The molecular weight excluding hydrogens is 240 g/mol. The number of H-pyrrole nitrogens is 1. The highest BCUT2D eigenvalue weighted by molar-refractivity contribution is 6.05. The van der Waals surface area contributed by atoms with Gasteiger partial charge in [0.2, 0.25) is 0 Å². The van der Waals surface area contributed by atoms with E-state index in [4.69, 9.17) is 4.42 Å². The van der Waals surface area contributed by atoms with Gasteiger partial charge in [0, 0.05) is 11.6 Å². The van der Waals surface area contributed by atoms with Gasteiger partial charge >= 0.3 is 0 Å². The van der Waals surface area contributed by atoms with Crippen molar-refractivity contribution in [2.75, 3.05) is 0 Å². The van der Waals surface area contributed by atoms with E-state index in [2.05, 4.69) is 10.3 Å². The first-order chi connectivity index (χ1) is 9.25. The molecule has 0 aliphatic rings. The van der Waals surface area contributed by atoms with E-state index >= 15 is 0 Å². The van der Waals surface area contributed by atoms with E-state index in [9.17, 15) is 4.79 Å². The lowest BCUT2D eigenvalue weighted by molar-refractivity contribution is 0.0937. The molecule has 3 rings (SSSR count). The van der Waals surface area contributed by atoms with Gasteiger partial charge in [0.05, 0.1) is 23.4 Å². The van der Waals surface area contributed by atoms with Crippen molar-refractivity contribution in [3.8, 4) is 0 Å². The summed E-state index contributed by atoms with van der Waals surface area (Å²) >= 11 is 0. The van der Waals surface area contributed by atoms with Crippen LogP contribution in [0, 0.1) is 0 Å². The number of carbonyl (C=O) groups excluding carboxylic acids is 1. The standard InChI is InChI=1S/C15H14N2O2/c1-10(13-6-3-9-19-13)17-15(18)12-5-2-4-11-7-8-16-14(11)12/h2-10,16H,1H3,(H,17,18). The third-order valence-corrected chi connectivity index (χ3v) is 3.15. The number of nitrogens with one attached hydrogen (secondary N) is 2. The molecule has 1 amide bonds. The fourth-order valence-electron chi connectivity index (χ4n) is 2.16. The Morgan fingerprint density at radius 1 is 1.26 bits per heavy atom. The molecule has 2 aromatic heterocycles. The van der Waals surface area contributed by atoms with Gasteiger partial charge in [-0.05, 0) is 31.2 Å². The van der Waals surface area contributed by atoms with Gasteiger partial charge < -0.3 is 14.7 Å². The van der Waals surface area contributed by atoms with E-state index < -0.39 is 0 Å². The summed E-state index contributed by atoms with van der Waals surface area (Å²) < 4.78 is 5.28. The Labute approximate surface area is 110 Å². The molecule has 2 heterocycles. The van der Waals surface area contributed by atoms with E-state index in [-0.39, 0.29) is 11.9 Å². The largest absolute Gasteiger partial charge is 0.467 e. The second kappa shape index (κ2) is 4.65. The Balaban J connectivity index is 1.86. The Morgan fingerprint density at radius 2 is 2.16 bits per heavy atom. The Bertz CT molecular complexity index is 698. The minimum atomic E-state index is -0.160. The summed E-state index contributed by atoms with van der Waals surface area (Å²) in [6, 6.07) is 11.1. The fourth-order valence-corrected chi connectivity index (χ4v) is 2.16. The predicted molar refractivity (Wildman–Crippen MR) is 72.9 cm³/mol. The van der Waals surface area contributed by atoms with Crippen LogP contribution in [0.25, 0.3) is 10.9 Å². The summed E-state index contributed by atoms with van der Waals surface area (Å²) in [6.07, 6.45) is 3.43. The first kappa shape index (κ1) is 11.6. The van der Waals surface area contributed by atoms with Crippen LogP contribution < -0.4 is 5.32 Å². The van der Waals surface area contributed by atoms with Crippen molar-refractivity contribution in [2.24, 2.45) is 0 Å². The molecule has 3 aromatic rings. The van der Waals surface area contributed by atoms with Crippen molar-refractivity contribution < 1.29 is 9.21 Å². The second-order valence-corrected chi connectivity index (χ2v) is 4.46. The number of para-hydroxylation sites is 1. The van der Waals surface area contributed by atoms with Gasteiger partial charge in [-0.25, -0.2) is 0 Å². The lowest BCUT2D eigenvalue weighted by Crippen LogP contribution is -2.26. The second-order valence-electron chi connectivity index (χ2n) is 4.46. The molecule has 0 bridgehead atoms. The van der Waals surface area contributed by atoms with Gasteiger partial charge in [0.15, 0.2) is 0 Å². The van der Waals surface area contributed by atoms with Crippen LogP contribution in [0.4, 0.5) is 0 Å². The number of hydrogen-bond donors (Lipinski definition) is 2. The quantitative estimate of drug-likeness (QED) is 0.753. The summed E-state index contributed by atoms with van der Waals surface area (Å²) in [7, 11) is 0. The van der Waals surface area contributed by atoms with Crippen LogP contribution in [0.3, 0.4) is 0 Å². The van der Waals surface area contributed by atoms with Crippen LogP contribution in [-0.4, -0.2) is 10.9 Å². The average molecular weight is 254 g/mol. The summed E-state index contributed by atoms with van der Waals surface area (Å²) in [4.78, 5) is 15.4. The van der Waals surface area contributed by atoms with Gasteiger partial charge in [-0.1, -0.05) is 12.1 Å². The zero-order chi connectivity index (χ0) is 13.2. The summed E-state index contributed by atoms with van der Waals surface area (Å²) in [5.41, 5.74) is 1.49. The van der Waals surface area contributed by atoms with Gasteiger partial charge in [-0.15, -0.1) is 0 Å². The third kappa shape index (κ3) is 2.12. The number of rotatable bonds is 3. The number of furan rings is 1. The fraction of sp³-hybridized carbons (Fsp3) is 0.133. The maximum Gasteiger partial charge on any atom is 0.253 e. The maximum absolute atomic E-state index is 12.3. The molecule has 19 heavy (non-hydrogen) atoms. The Hall–Kier alpha value is -2.49. The van der Waals surface area contributed by atoms with Crippen molar-refractivity contribution in [2.45, 2.75) is 13.0 Å². The molecule has 1 aromatic carbocycles. The first-order valence-electron chi connectivity index (χ1n) is 6.16. The molecule has 1 atom stereocenters. The van der Waals surface area contributed by atoms with Gasteiger partial charge in [-0.3, -0.25) is 4.79 Å². The topological polar surface area (TPSA) is 58.0 Å². The van der Waals surface area contributed by atoms with Crippen LogP contribution in [0.15, 0.2) is 53.3 Å². The Morgan fingerprint density at radius 3 is 2.95 bits per heavy atom. The lowest BCUT2D eigenvalue weighted by Gasteiger charge is -2.11. The summed E-state index contributed by atoms with van der Waals surface area (Å²) in [5.74, 6) is 0.629. The number of aromatic amines is 1. The maximum atomic E-state index is 12.3. The van der Waals surface area contributed by atoms with E-state index in [1.165, 1.54) is 0 Å². The number of hydrogen-bond acceptors (Lipinski definition) is 2. The number of amides is 1. The molecule has 2 N–H and O–H groups in total. The monoisotopic (exact) mass is 254 g/mol. The highest BCUT2D eigenvalue weighted by atomic mass is 16.3. The molecule has 0 aliphatic heterocycles. The van der Waals surface area contributed by atoms with Crippen molar-refractivity contribution >= 4 is 16.8 Å². The smallest absolute Gasteiger partial charge is 0.253 e. The average Bonchev–Trinajstić information content (AvgIpc) is 3.08. The van der Waals surface area contributed by atoms with Crippen LogP contribution in [-0.2, 0) is 0 Å². The normalized spacial score (nSPS) is 12.5. The minimum absolute atomic E-state index is 0.114. The zero-order valence-electron chi connectivity index (χ0n) is 10.5. The molecule has 1 unspecified atom stereocenters. The van der Waals surface area contributed by atoms with E-state index in [1.807, 2.05) is 49.5 Å². The Kier molecular flexibility index (Phi) is 2.83. The third-order valence-electron chi connectivity index (χ3n) is 3.15. The van der Waals surface area contributed by atoms with E-state index in [1.54, 1.807) is 6.26 Å². The highest BCUT2D eigenvalue weighted by Crippen LogP contribution is 2.18. The van der Waals surface area contributed by atoms with Crippen molar-refractivity contribution in [1.29, 1.82) is 0 Å². The van der Waals surface area contributed by atoms with Crippen LogP contribution in [0.5, 0.6) is 0 Å². The number of benzene rings is 1. The van der Waals surface area contributed by atoms with Crippen molar-refractivity contribution in [3.05, 3.63) is 60.2 Å². The number of carbonyl (C=O) groups is 1. The van der Waals surface area contributed by atoms with Gasteiger partial charge in [-0.2, -0.15) is 0 Å². The first-order valence-corrected chi connectivity index (χ1v) is 6.16. The predicted octanol–water partition coefficient (Wildman–Crippen LogP) is 3.25. The van der Waals surface area contributed by atoms with E-state index in [0.29, 0.717) is 5.56 Å². The molecule has 96 valence electrons.